The van der Waals surface area contributed by atoms with Crippen LogP contribution in [0.15, 0.2) is 16.9 Å². The minimum Gasteiger partial charge on any atom is -0.463 e. The van der Waals surface area contributed by atoms with Gasteiger partial charge in [0.15, 0.2) is 5.69 Å². The van der Waals surface area contributed by atoms with Crippen molar-refractivity contribution in [2.75, 3.05) is 18.1 Å². The van der Waals surface area contributed by atoms with E-state index in [9.17, 15) is 49.1 Å². The van der Waals surface area contributed by atoms with E-state index in [4.69, 9.17) is 32.7 Å². The zero-order chi connectivity index (χ0) is 30.8. The number of ether oxygens (including phenoxy) is 2. The first-order chi connectivity index (χ1) is 18.3. The summed E-state index contributed by atoms with van der Waals surface area (Å²) in [6.45, 7) is 2.66. The highest BCUT2D eigenvalue weighted by molar-refractivity contribution is 6.34. The van der Waals surface area contributed by atoms with Gasteiger partial charge in [-0.15, -0.1) is 0 Å². The third-order valence-corrected chi connectivity index (χ3v) is 5.76. The number of nitrogens with zero attached hydrogens (tertiary/aromatic N) is 3. The van der Waals surface area contributed by atoms with Crippen LogP contribution in [0.2, 0.25) is 10.0 Å². The molecule has 224 valence electrons. The number of hydrogen-bond donors (Lipinski definition) is 0. The predicted octanol–water partition coefficient (Wildman–Crippen LogP) is 7.08. The van der Waals surface area contributed by atoms with Crippen LogP contribution in [-0.4, -0.2) is 35.0 Å². The van der Waals surface area contributed by atoms with Gasteiger partial charge in [0.1, 0.15) is 5.02 Å². The number of hydrogen-bond acceptors (Lipinski definition) is 6. The van der Waals surface area contributed by atoms with E-state index in [1.807, 2.05) is 0 Å². The number of aromatic nitrogens is 2. The summed E-state index contributed by atoms with van der Waals surface area (Å²) in [4.78, 5) is 29.2. The first-order valence-electron chi connectivity index (χ1n) is 11.2. The quantitative estimate of drug-likeness (QED) is 0.167. The Kier molecular flexibility index (Phi) is 10.4. The smallest absolute Gasteiger partial charge is 0.435 e. The zero-order valence-corrected chi connectivity index (χ0v) is 22.2. The van der Waals surface area contributed by atoms with E-state index in [2.05, 4.69) is 4.98 Å². The third-order valence-electron chi connectivity index (χ3n) is 5.02. The van der Waals surface area contributed by atoms with E-state index in [0.29, 0.717) is 4.57 Å². The molecule has 2 rings (SSSR count). The maximum atomic E-state index is 13.8. The van der Waals surface area contributed by atoms with Crippen LogP contribution >= 0.6 is 23.2 Å². The fourth-order valence-corrected chi connectivity index (χ4v) is 3.99. The van der Waals surface area contributed by atoms with Crippen molar-refractivity contribution in [1.29, 1.82) is 0 Å². The van der Waals surface area contributed by atoms with Crippen molar-refractivity contribution in [2.24, 2.45) is 0 Å². The molecule has 0 radical (unpaired) electrons. The molecule has 0 spiro atoms. The van der Waals surface area contributed by atoms with Crippen LogP contribution in [0.3, 0.4) is 0 Å². The van der Waals surface area contributed by atoms with E-state index in [1.165, 1.54) is 20.8 Å². The Bertz CT molecular complexity index is 1290. The lowest BCUT2D eigenvalue weighted by molar-refractivity contribution is -0.155. The number of halogens is 11. The molecule has 0 N–H and O–H groups in total. The van der Waals surface area contributed by atoms with Crippen LogP contribution in [0.1, 0.15) is 44.0 Å². The number of rotatable bonds is 9. The molecule has 0 aliphatic heterocycles. The first-order valence-corrected chi connectivity index (χ1v) is 12.0. The molecular formula is C22H20Cl2F9N3O4. The molecule has 0 bridgehead atoms. The predicted molar refractivity (Wildman–Crippen MR) is 124 cm³/mol. The average Bonchev–Trinajstić information content (AvgIpc) is 2.81. The van der Waals surface area contributed by atoms with Gasteiger partial charge < -0.3 is 9.47 Å². The minimum absolute atomic E-state index is 0.00699. The van der Waals surface area contributed by atoms with Gasteiger partial charge in [-0.2, -0.15) is 39.5 Å². The lowest BCUT2D eigenvalue weighted by atomic mass is 10.1. The van der Waals surface area contributed by atoms with Gasteiger partial charge in [-0.3, -0.25) is 14.3 Å². The van der Waals surface area contributed by atoms with Crippen LogP contribution in [0.5, 0.6) is 0 Å². The van der Waals surface area contributed by atoms with E-state index >= 15 is 0 Å². The largest absolute Gasteiger partial charge is 0.463 e. The molecule has 0 aliphatic rings. The summed E-state index contributed by atoms with van der Waals surface area (Å²) in [5.74, 6) is -2.68. The van der Waals surface area contributed by atoms with Gasteiger partial charge in [-0.1, -0.05) is 30.1 Å². The van der Waals surface area contributed by atoms with Crippen LogP contribution < -0.4 is 10.5 Å². The van der Waals surface area contributed by atoms with Gasteiger partial charge in [-0.25, -0.2) is 9.78 Å². The molecule has 1 aromatic carbocycles. The normalized spacial score (nSPS) is 13.3. The molecule has 2 aromatic rings. The molecule has 1 atom stereocenters. The number of esters is 1. The Balaban J connectivity index is 3.24. The van der Waals surface area contributed by atoms with E-state index in [-0.39, 0.29) is 30.1 Å². The lowest BCUT2D eigenvalue weighted by Crippen LogP contribution is -2.45. The highest BCUT2D eigenvalue weighted by Gasteiger charge is 2.44. The Morgan fingerprint density at radius 2 is 1.55 bits per heavy atom. The van der Waals surface area contributed by atoms with Gasteiger partial charge in [0.2, 0.25) is 12.2 Å². The molecule has 1 heterocycles. The van der Waals surface area contributed by atoms with Crippen molar-refractivity contribution in [3.8, 4) is 0 Å². The molecule has 0 fully saturated rings. The summed E-state index contributed by atoms with van der Waals surface area (Å²) in [5.41, 5.74) is -8.85. The standard InChI is InChI=1S/C22H20Cl2F9N3O4/c1-4-7-35-16(37)14(24)15(22(31,32)33)34-19(35)36(17(39-5-2)18(38)40-6-3)12-9-10(20(25,26)27)8-11(13(12)23)21(28,29)30/h8-9,17H,4-7H2,1-3H3. The second-order valence-electron chi connectivity index (χ2n) is 7.81. The summed E-state index contributed by atoms with van der Waals surface area (Å²) in [6.07, 6.45) is -18.7. The number of carbonyl (C=O) groups excluding carboxylic acids is 1. The van der Waals surface area contributed by atoms with Gasteiger partial charge in [0.05, 0.1) is 28.4 Å². The Labute approximate surface area is 230 Å². The maximum Gasteiger partial charge on any atom is 0.435 e. The van der Waals surface area contributed by atoms with Crippen LogP contribution in [0, 0.1) is 0 Å². The van der Waals surface area contributed by atoms with Gasteiger partial charge >= 0.3 is 24.5 Å². The number of benzene rings is 1. The molecule has 1 aromatic heterocycles. The molecule has 0 aliphatic carbocycles. The summed E-state index contributed by atoms with van der Waals surface area (Å²) in [7, 11) is 0. The van der Waals surface area contributed by atoms with E-state index < -0.39 is 87.9 Å². The van der Waals surface area contributed by atoms with E-state index in [1.54, 1.807) is 0 Å². The summed E-state index contributed by atoms with van der Waals surface area (Å²) in [6, 6.07) is -0.271. The van der Waals surface area contributed by atoms with Crippen molar-refractivity contribution >= 4 is 40.8 Å². The zero-order valence-electron chi connectivity index (χ0n) is 20.7. The maximum absolute atomic E-state index is 13.8. The molecule has 0 amide bonds. The lowest BCUT2D eigenvalue weighted by Gasteiger charge is -2.34. The molecule has 0 saturated carbocycles. The third kappa shape index (κ3) is 7.13. The van der Waals surface area contributed by atoms with Gasteiger partial charge in [0.25, 0.3) is 5.56 Å². The van der Waals surface area contributed by atoms with Crippen molar-refractivity contribution in [1.82, 2.24) is 9.55 Å². The average molecular weight is 632 g/mol. The highest BCUT2D eigenvalue weighted by atomic mass is 35.5. The molecule has 1 unspecified atom stereocenters. The topological polar surface area (TPSA) is 73.7 Å². The summed E-state index contributed by atoms with van der Waals surface area (Å²) < 4.78 is 134. The van der Waals surface area contributed by atoms with Crippen molar-refractivity contribution in [3.63, 3.8) is 0 Å². The van der Waals surface area contributed by atoms with Gasteiger partial charge in [0, 0.05) is 13.2 Å². The molecular weight excluding hydrogens is 612 g/mol. The fraction of sp³-hybridized carbons (Fsp3) is 0.500. The second-order valence-corrected chi connectivity index (χ2v) is 8.57. The summed E-state index contributed by atoms with van der Waals surface area (Å²) >= 11 is 11.5. The van der Waals surface area contributed by atoms with Crippen LogP contribution in [0.4, 0.5) is 51.1 Å². The second kappa shape index (κ2) is 12.4. The number of carbonyl (C=O) groups is 1. The molecule has 0 saturated heterocycles. The summed E-state index contributed by atoms with van der Waals surface area (Å²) in [5, 5.41) is -2.89. The SMILES string of the molecule is CCCn1c(N(c2cc(C(F)(F)F)cc(C(F)(F)F)c2Cl)C(OCC)C(=O)OCC)nc(C(F)(F)F)c(Cl)c1=O. The van der Waals surface area contributed by atoms with Crippen LogP contribution in [0.25, 0.3) is 0 Å². The fourth-order valence-electron chi connectivity index (χ4n) is 3.43. The van der Waals surface area contributed by atoms with Crippen molar-refractivity contribution in [2.45, 2.75) is 58.5 Å². The van der Waals surface area contributed by atoms with E-state index in [0.717, 1.165) is 0 Å². The van der Waals surface area contributed by atoms with Crippen LogP contribution in [-0.2, 0) is 39.3 Å². The molecule has 7 nitrogen and oxygen atoms in total. The Morgan fingerprint density at radius 3 is 2.00 bits per heavy atom. The Hall–Kier alpha value is -2.72. The first kappa shape index (κ1) is 33.5. The number of anilines is 2. The Morgan fingerprint density at radius 1 is 0.950 bits per heavy atom. The van der Waals surface area contributed by atoms with Crippen molar-refractivity contribution < 1.29 is 53.8 Å². The molecule has 18 heteroatoms. The minimum atomic E-state index is -5.50. The highest BCUT2D eigenvalue weighted by Crippen LogP contribution is 2.46. The van der Waals surface area contributed by atoms with Crippen molar-refractivity contribution in [3.05, 3.63) is 49.4 Å². The van der Waals surface area contributed by atoms with Gasteiger partial charge in [-0.05, 0) is 32.4 Å². The molecule has 40 heavy (non-hydrogen) atoms. The number of alkyl halides is 9. The monoisotopic (exact) mass is 631 g/mol.